The van der Waals surface area contributed by atoms with E-state index in [1.807, 2.05) is 6.92 Å². The van der Waals surface area contributed by atoms with E-state index in [2.05, 4.69) is 22.4 Å². The van der Waals surface area contributed by atoms with Crippen LogP contribution in [-0.4, -0.2) is 16.1 Å². The zero-order valence-corrected chi connectivity index (χ0v) is 11.5. The largest absolute Gasteiger partial charge is 0.301 e. The van der Waals surface area contributed by atoms with Gasteiger partial charge in [-0.2, -0.15) is 0 Å². The van der Waals surface area contributed by atoms with Gasteiger partial charge in [0, 0.05) is 6.42 Å². The third kappa shape index (κ3) is 5.77. The van der Waals surface area contributed by atoms with Crippen LogP contribution in [0.5, 0.6) is 0 Å². The molecule has 0 aliphatic rings. The summed E-state index contributed by atoms with van der Waals surface area (Å²) in [6.07, 6.45) is 7.27. The first-order valence-electron chi connectivity index (χ1n) is 6.38. The molecule has 17 heavy (non-hydrogen) atoms. The summed E-state index contributed by atoms with van der Waals surface area (Å²) in [6, 6.07) is 0. The van der Waals surface area contributed by atoms with E-state index in [9.17, 15) is 4.79 Å². The number of unbranched alkanes of at least 4 members (excludes halogenated alkanes) is 4. The van der Waals surface area contributed by atoms with Crippen LogP contribution in [-0.2, 0) is 11.2 Å². The lowest BCUT2D eigenvalue weighted by atomic mass is 10.1. The van der Waals surface area contributed by atoms with Crippen molar-refractivity contribution in [1.29, 1.82) is 0 Å². The highest BCUT2D eigenvalue weighted by molar-refractivity contribution is 7.15. The zero-order valence-electron chi connectivity index (χ0n) is 10.7. The number of aryl methyl sites for hydroxylation is 1. The molecular weight excluding hydrogens is 234 g/mol. The molecule has 0 aromatic carbocycles. The Kier molecular flexibility index (Phi) is 6.77. The van der Waals surface area contributed by atoms with Gasteiger partial charge in [0.15, 0.2) is 0 Å². The molecule has 0 spiro atoms. The van der Waals surface area contributed by atoms with Crippen LogP contribution < -0.4 is 5.32 Å². The van der Waals surface area contributed by atoms with Gasteiger partial charge in [-0.3, -0.25) is 4.79 Å². The first kappa shape index (κ1) is 14.1. The van der Waals surface area contributed by atoms with Crippen molar-refractivity contribution in [3.05, 3.63) is 5.01 Å². The van der Waals surface area contributed by atoms with Crippen LogP contribution >= 0.6 is 11.3 Å². The van der Waals surface area contributed by atoms with Crippen molar-refractivity contribution in [2.24, 2.45) is 0 Å². The van der Waals surface area contributed by atoms with Crippen molar-refractivity contribution in [3.8, 4) is 0 Å². The maximum absolute atomic E-state index is 11.6. The average molecular weight is 255 g/mol. The molecule has 1 rings (SSSR count). The van der Waals surface area contributed by atoms with E-state index in [0.29, 0.717) is 11.6 Å². The molecule has 1 heterocycles. The fourth-order valence-corrected chi connectivity index (χ4v) is 2.21. The molecule has 0 unspecified atom stereocenters. The number of carbonyl (C=O) groups excluding carboxylic acids is 1. The molecular formula is C12H21N3OS. The summed E-state index contributed by atoms with van der Waals surface area (Å²) in [5.41, 5.74) is 0. The summed E-state index contributed by atoms with van der Waals surface area (Å²) in [5, 5.41) is 12.3. The van der Waals surface area contributed by atoms with Crippen molar-refractivity contribution in [2.75, 3.05) is 5.32 Å². The minimum absolute atomic E-state index is 0.0558. The Morgan fingerprint density at radius 2 is 1.94 bits per heavy atom. The van der Waals surface area contributed by atoms with Crippen LogP contribution in [0.3, 0.4) is 0 Å². The highest BCUT2D eigenvalue weighted by atomic mass is 32.1. The summed E-state index contributed by atoms with van der Waals surface area (Å²) in [7, 11) is 0. The molecule has 1 amide bonds. The Morgan fingerprint density at radius 3 is 2.59 bits per heavy atom. The van der Waals surface area contributed by atoms with Crippen molar-refractivity contribution >= 4 is 22.4 Å². The number of hydrogen-bond donors (Lipinski definition) is 1. The lowest BCUT2D eigenvalue weighted by molar-refractivity contribution is -0.116. The lowest BCUT2D eigenvalue weighted by Gasteiger charge is -2.00. The van der Waals surface area contributed by atoms with Gasteiger partial charge in [-0.05, 0) is 12.8 Å². The van der Waals surface area contributed by atoms with E-state index < -0.39 is 0 Å². The quantitative estimate of drug-likeness (QED) is 0.724. The van der Waals surface area contributed by atoms with Crippen LogP contribution in [0.25, 0.3) is 0 Å². The number of rotatable bonds is 8. The molecule has 0 bridgehead atoms. The molecule has 5 heteroatoms. The van der Waals surface area contributed by atoms with Gasteiger partial charge in [0.2, 0.25) is 11.0 Å². The van der Waals surface area contributed by atoms with E-state index >= 15 is 0 Å². The highest BCUT2D eigenvalue weighted by Gasteiger charge is 2.06. The molecule has 1 aromatic rings. The molecule has 0 saturated heterocycles. The van der Waals surface area contributed by atoms with Crippen molar-refractivity contribution in [2.45, 2.75) is 58.8 Å². The third-order valence-electron chi connectivity index (χ3n) is 2.52. The molecule has 0 fully saturated rings. The fourth-order valence-electron chi connectivity index (χ4n) is 1.52. The van der Waals surface area contributed by atoms with Crippen LogP contribution in [0.1, 0.15) is 57.4 Å². The van der Waals surface area contributed by atoms with E-state index in [0.717, 1.165) is 24.3 Å². The normalized spacial score (nSPS) is 10.5. The van der Waals surface area contributed by atoms with E-state index in [1.54, 1.807) is 0 Å². The van der Waals surface area contributed by atoms with E-state index in [4.69, 9.17) is 0 Å². The third-order valence-corrected chi connectivity index (χ3v) is 3.51. The molecule has 1 aromatic heterocycles. The smallest absolute Gasteiger partial charge is 0.226 e. The summed E-state index contributed by atoms with van der Waals surface area (Å²) in [6.45, 7) is 4.22. The van der Waals surface area contributed by atoms with E-state index in [-0.39, 0.29) is 5.91 Å². The number of nitrogens with one attached hydrogen (secondary N) is 1. The second-order valence-electron chi connectivity index (χ2n) is 4.07. The molecule has 4 nitrogen and oxygen atoms in total. The minimum atomic E-state index is 0.0558. The van der Waals surface area contributed by atoms with Crippen molar-refractivity contribution in [1.82, 2.24) is 10.2 Å². The first-order chi connectivity index (χ1) is 8.26. The Bertz CT molecular complexity index is 338. The van der Waals surface area contributed by atoms with Crippen molar-refractivity contribution < 1.29 is 4.79 Å². The molecule has 0 saturated carbocycles. The number of amides is 1. The predicted octanol–water partition coefficient (Wildman–Crippen LogP) is 3.40. The number of anilines is 1. The van der Waals surface area contributed by atoms with Crippen LogP contribution in [0.2, 0.25) is 0 Å². The van der Waals surface area contributed by atoms with Gasteiger partial charge >= 0.3 is 0 Å². The summed E-state index contributed by atoms with van der Waals surface area (Å²) >= 11 is 1.45. The van der Waals surface area contributed by atoms with Gasteiger partial charge in [0.05, 0.1) is 0 Å². The lowest BCUT2D eigenvalue weighted by Crippen LogP contribution is -2.10. The fraction of sp³-hybridized carbons (Fsp3) is 0.750. The maximum atomic E-state index is 11.6. The Hall–Kier alpha value is -0.970. The van der Waals surface area contributed by atoms with Gasteiger partial charge < -0.3 is 5.32 Å². The van der Waals surface area contributed by atoms with Gasteiger partial charge in [-0.1, -0.05) is 50.9 Å². The molecule has 1 N–H and O–H groups in total. The Balaban J connectivity index is 2.16. The van der Waals surface area contributed by atoms with Gasteiger partial charge in [-0.15, -0.1) is 10.2 Å². The second kappa shape index (κ2) is 8.17. The second-order valence-corrected chi connectivity index (χ2v) is 5.13. The summed E-state index contributed by atoms with van der Waals surface area (Å²) < 4.78 is 0. The minimum Gasteiger partial charge on any atom is -0.301 e. The van der Waals surface area contributed by atoms with Crippen LogP contribution in [0.4, 0.5) is 5.13 Å². The van der Waals surface area contributed by atoms with Crippen LogP contribution in [0, 0.1) is 0 Å². The number of hydrogen-bond acceptors (Lipinski definition) is 4. The number of aromatic nitrogens is 2. The van der Waals surface area contributed by atoms with Crippen LogP contribution in [0.15, 0.2) is 0 Å². The zero-order chi connectivity index (χ0) is 12.5. The number of carbonyl (C=O) groups is 1. The molecule has 0 radical (unpaired) electrons. The van der Waals surface area contributed by atoms with Gasteiger partial charge in [0.25, 0.3) is 0 Å². The van der Waals surface area contributed by atoms with Gasteiger partial charge in [0.1, 0.15) is 5.01 Å². The molecule has 0 aliphatic carbocycles. The SMILES string of the molecule is CCCCCCCC(=O)Nc1nnc(CC)s1. The summed E-state index contributed by atoms with van der Waals surface area (Å²) in [5.74, 6) is 0.0558. The molecule has 0 aliphatic heterocycles. The monoisotopic (exact) mass is 255 g/mol. The molecule has 0 atom stereocenters. The Labute approximate surface area is 107 Å². The average Bonchev–Trinajstić information content (AvgIpc) is 2.76. The van der Waals surface area contributed by atoms with E-state index in [1.165, 1.54) is 30.6 Å². The summed E-state index contributed by atoms with van der Waals surface area (Å²) in [4.78, 5) is 11.6. The first-order valence-corrected chi connectivity index (χ1v) is 7.20. The number of nitrogens with zero attached hydrogens (tertiary/aromatic N) is 2. The Morgan fingerprint density at radius 1 is 1.18 bits per heavy atom. The van der Waals surface area contributed by atoms with Gasteiger partial charge in [-0.25, -0.2) is 0 Å². The highest BCUT2D eigenvalue weighted by Crippen LogP contribution is 2.16. The maximum Gasteiger partial charge on any atom is 0.226 e. The topological polar surface area (TPSA) is 54.9 Å². The standard InChI is InChI=1S/C12H21N3OS/c1-3-5-6-7-8-9-10(16)13-12-15-14-11(4-2)17-12/h3-9H2,1-2H3,(H,13,15,16). The molecule has 96 valence electrons. The predicted molar refractivity (Wildman–Crippen MR) is 71.3 cm³/mol. The van der Waals surface area contributed by atoms with Crippen molar-refractivity contribution in [3.63, 3.8) is 0 Å².